The average Bonchev–Trinajstić information content (AvgIpc) is 2.67. The maximum absolute atomic E-state index is 9.93. The van der Waals surface area contributed by atoms with Gasteiger partial charge in [0.2, 0.25) is 0 Å². The van der Waals surface area contributed by atoms with E-state index in [-0.39, 0.29) is 11.5 Å². The number of phenols is 2. The van der Waals surface area contributed by atoms with Crippen molar-refractivity contribution < 1.29 is 10.2 Å². The van der Waals surface area contributed by atoms with Gasteiger partial charge in [0.05, 0.1) is 11.2 Å². The normalized spacial score (nSPS) is 12.1. The molecule has 0 fully saturated rings. The zero-order valence-electron chi connectivity index (χ0n) is 15.4. The molecule has 0 aromatic heterocycles. The Bertz CT molecular complexity index is 991. The third kappa shape index (κ3) is 4.42. The Labute approximate surface area is 159 Å². The molecule has 0 aliphatic carbocycles. The van der Waals surface area contributed by atoms with Crippen molar-refractivity contribution >= 4 is 18.1 Å². The lowest BCUT2D eigenvalue weighted by Crippen LogP contribution is -2.14. The lowest BCUT2D eigenvalue weighted by molar-refractivity contribution is 0.474. The molecule has 136 valence electrons. The molecule has 0 radical (unpaired) electrons. The van der Waals surface area contributed by atoms with Gasteiger partial charge in [-0.15, -0.1) is 0 Å². The van der Waals surface area contributed by atoms with Crippen molar-refractivity contribution in [3.63, 3.8) is 0 Å². The summed E-state index contributed by atoms with van der Waals surface area (Å²) in [7, 11) is 0. The van der Waals surface area contributed by atoms with Crippen LogP contribution in [0.3, 0.4) is 0 Å². The number of hydrogen-bond acceptors (Lipinski definition) is 4. The highest BCUT2D eigenvalue weighted by atomic mass is 16.3. The monoisotopic (exact) mass is 358 g/mol. The van der Waals surface area contributed by atoms with Crippen molar-refractivity contribution in [2.45, 2.75) is 19.4 Å². The molecule has 0 bridgehead atoms. The molecule has 4 nitrogen and oxygen atoms in total. The van der Waals surface area contributed by atoms with E-state index in [1.165, 1.54) is 0 Å². The van der Waals surface area contributed by atoms with Crippen LogP contribution in [0.4, 0.5) is 5.69 Å². The van der Waals surface area contributed by atoms with Gasteiger partial charge in [0.15, 0.2) is 0 Å². The van der Waals surface area contributed by atoms with Crippen molar-refractivity contribution in [1.82, 2.24) is 0 Å². The summed E-state index contributed by atoms with van der Waals surface area (Å²) in [6, 6.07) is 21.9. The second kappa shape index (κ2) is 7.87. The summed E-state index contributed by atoms with van der Waals surface area (Å²) in [5.41, 5.74) is 2.50. The quantitative estimate of drug-likeness (QED) is 0.616. The van der Waals surface area contributed by atoms with E-state index in [1.807, 2.05) is 62.4 Å². The summed E-state index contributed by atoms with van der Waals surface area (Å²) in [5.74, 6) is 0.387. The van der Waals surface area contributed by atoms with E-state index in [0.29, 0.717) is 11.1 Å². The molecule has 0 atom stereocenters. The SMILES string of the molecule is CC(C)(N=Cc1ccccc1O)c1ccccc1N=Cc1ccccc1O. The summed E-state index contributed by atoms with van der Waals surface area (Å²) in [6.07, 6.45) is 3.33. The molecule has 0 unspecified atom stereocenters. The summed E-state index contributed by atoms with van der Waals surface area (Å²) in [6.45, 7) is 4.00. The van der Waals surface area contributed by atoms with Crippen LogP contribution in [0.5, 0.6) is 11.5 Å². The summed E-state index contributed by atoms with van der Waals surface area (Å²) >= 11 is 0. The minimum Gasteiger partial charge on any atom is -0.507 e. The van der Waals surface area contributed by atoms with Gasteiger partial charge in [0.25, 0.3) is 0 Å². The Kier molecular flexibility index (Phi) is 5.36. The topological polar surface area (TPSA) is 65.2 Å². The second-order valence-corrected chi connectivity index (χ2v) is 6.71. The highest BCUT2D eigenvalue weighted by molar-refractivity contribution is 5.86. The van der Waals surface area contributed by atoms with Crippen LogP contribution in [0.1, 0.15) is 30.5 Å². The predicted molar refractivity (Wildman–Crippen MR) is 111 cm³/mol. The molecular formula is C23H22N2O2. The van der Waals surface area contributed by atoms with E-state index in [2.05, 4.69) is 9.98 Å². The van der Waals surface area contributed by atoms with Crippen LogP contribution in [0.25, 0.3) is 0 Å². The molecule has 0 aliphatic heterocycles. The van der Waals surface area contributed by atoms with Crippen LogP contribution in [0.15, 0.2) is 82.8 Å². The van der Waals surface area contributed by atoms with E-state index >= 15 is 0 Å². The molecule has 3 aromatic rings. The molecule has 27 heavy (non-hydrogen) atoms. The van der Waals surface area contributed by atoms with E-state index in [9.17, 15) is 10.2 Å². The van der Waals surface area contributed by atoms with Gasteiger partial charge in [-0.2, -0.15) is 0 Å². The molecule has 2 N–H and O–H groups in total. The van der Waals surface area contributed by atoms with Gasteiger partial charge in [-0.05, 0) is 44.2 Å². The first-order valence-corrected chi connectivity index (χ1v) is 8.72. The number of hydrogen-bond donors (Lipinski definition) is 2. The van der Waals surface area contributed by atoms with Crippen LogP contribution in [0.2, 0.25) is 0 Å². The standard InChI is InChI=1S/C23H22N2O2/c1-23(2,25-16-18-10-4-8-14-22(18)27)19-11-5-6-12-20(19)24-15-17-9-3-7-13-21(17)26/h3-16,26-27H,1-2H3. The van der Waals surface area contributed by atoms with Crippen LogP contribution < -0.4 is 0 Å². The largest absolute Gasteiger partial charge is 0.507 e. The number of rotatable bonds is 5. The Morgan fingerprint density at radius 3 is 1.85 bits per heavy atom. The number of benzene rings is 3. The number of para-hydroxylation sites is 3. The van der Waals surface area contributed by atoms with Crippen LogP contribution >= 0.6 is 0 Å². The molecule has 0 saturated carbocycles. The molecule has 3 aromatic carbocycles. The van der Waals surface area contributed by atoms with E-state index in [1.54, 1.807) is 36.7 Å². The summed E-state index contributed by atoms with van der Waals surface area (Å²) < 4.78 is 0. The van der Waals surface area contributed by atoms with Gasteiger partial charge in [-0.25, -0.2) is 0 Å². The minimum absolute atomic E-state index is 0.190. The molecular weight excluding hydrogens is 336 g/mol. The third-order valence-corrected chi connectivity index (χ3v) is 4.31. The van der Waals surface area contributed by atoms with E-state index in [4.69, 9.17) is 0 Å². The predicted octanol–water partition coefficient (Wildman–Crippen LogP) is 5.20. The fourth-order valence-electron chi connectivity index (χ4n) is 2.74. The van der Waals surface area contributed by atoms with Crippen LogP contribution in [0, 0.1) is 0 Å². The summed E-state index contributed by atoms with van der Waals surface area (Å²) in [5, 5.41) is 19.8. The van der Waals surface area contributed by atoms with E-state index in [0.717, 1.165) is 11.3 Å². The van der Waals surface area contributed by atoms with Gasteiger partial charge < -0.3 is 10.2 Å². The summed E-state index contributed by atoms with van der Waals surface area (Å²) in [4.78, 5) is 9.25. The van der Waals surface area contributed by atoms with E-state index < -0.39 is 5.54 Å². The third-order valence-electron chi connectivity index (χ3n) is 4.31. The lowest BCUT2D eigenvalue weighted by Gasteiger charge is -2.22. The second-order valence-electron chi connectivity index (χ2n) is 6.71. The van der Waals surface area contributed by atoms with Gasteiger partial charge in [-0.3, -0.25) is 9.98 Å². The van der Waals surface area contributed by atoms with Gasteiger partial charge in [0, 0.05) is 29.1 Å². The first-order valence-electron chi connectivity index (χ1n) is 8.72. The number of nitrogens with zero attached hydrogens (tertiary/aromatic N) is 2. The smallest absolute Gasteiger partial charge is 0.124 e. The highest BCUT2D eigenvalue weighted by Crippen LogP contribution is 2.33. The molecule has 0 saturated heterocycles. The average molecular weight is 358 g/mol. The van der Waals surface area contributed by atoms with Crippen molar-refractivity contribution in [3.05, 3.63) is 89.5 Å². The molecule has 0 heterocycles. The fraction of sp³-hybridized carbons (Fsp3) is 0.130. The first kappa shape index (κ1) is 18.4. The molecule has 0 aliphatic rings. The Balaban J connectivity index is 1.92. The zero-order chi connectivity index (χ0) is 19.3. The molecule has 4 heteroatoms. The van der Waals surface area contributed by atoms with Crippen molar-refractivity contribution in [1.29, 1.82) is 0 Å². The van der Waals surface area contributed by atoms with Gasteiger partial charge in [-0.1, -0.05) is 42.5 Å². The molecule has 0 spiro atoms. The maximum atomic E-state index is 9.93. The number of aromatic hydroxyl groups is 2. The lowest BCUT2D eigenvalue weighted by atomic mass is 9.93. The molecule has 3 rings (SSSR count). The number of aliphatic imine (C=N–C) groups is 2. The molecule has 0 amide bonds. The van der Waals surface area contributed by atoms with Gasteiger partial charge in [0.1, 0.15) is 11.5 Å². The van der Waals surface area contributed by atoms with Crippen LogP contribution in [-0.2, 0) is 5.54 Å². The van der Waals surface area contributed by atoms with Crippen molar-refractivity contribution in [2.24, 2.45) is 9.98 Å². The van der Waals surface area contributed by atoms with Crippen molar-refractivity contribution in [2.75, 3.05) is 0 Å². The number of phenolic OH excluding ortho intramolecular Hbond substituents is 2. The zero-order valence-corrected chi connectivity index (χ0v) is 15.4. The van der Waals surface area contributed by atoms with Gasteiger partial charge >= 0.3 is 0 Å². The Morgan fingerprint density at radius 1 is 0.704 bits per heavy atom. The maximum Gasteiger partial charge on any atom is 0.124 e. The Hall–Kier alpha value is -3.40. The minimum atomic E-state index is -0.547. The Morgan fingerprint density at radius 2 is 1.22 bits per heavy atom. The van der Waals surface area contributed by atoms with Crippen LogP contribution in [-0.4, -0.2) is 22.6 Å². The van der Waals surface area contributed by atoms with Crippen molar-refractivity contribution in [3.8, 4) is 11.5 Å². The highest BCUT2D eigenvalue weighted by Gasteiger charge is 2.21. The fourth-order valence-corrected chi connectivity index (χ4v) is 2.74. The first-order chi connectivity index (χ1) is 13.0.